The molecule has 0 atom stereocenters. The minimum Gasteiger partial charge on any atom is -0.459 e. The van der Waals surface area contributed by atoms with Gasteiger partial charge in [0.05, 0.1) is 12.8 Å². The van der Waals surface area contributed by atoms with Crippen LogP contribution in [0.15, 0.2) is 47.1 Å². The number of hydrogen-bond acceptors (Lipinski definition) is 8. The fourth-order valence-corrected chi connectivity index (χ4v) is 4.25. The highest BCUT2D eigenvalue weighted by molar-refractivity contribution is 7.13. The second-order valence-corrected chi connectivity index (χ2v) is 8.72. The lowest BCUT2D eigenvalue weighted by Gasteiger charge is -2.34. The Labute approximate surface area is 194 Å². The molecule has 4 rings (SSSR count). The predicted octanol–water partition coefficient (Wildman–Crippen LogP) is 1.75. The highest BCUT2D eigenvalue weighted by Crippen LogP contribution is 2.14. The van der Waals surface area contributed by atoms with E-state index in [1.807, 2.05) is 0 Å². The van der Waals surface area contributed by atoms with Crippen LogP contribution < -0.4 is 10.6 Å². The van der Waals surface area contributed by atoms with Gasteiger partial charge >= 0.3 is 0 Å². The van der Waals surface area contributed by atoms with Crippen LogP contribution in [-0.4, -0.2) is 71.1 Å². The van der Waals surface area contributed by atoms with Gasteiger partial charge in [-0.3, -0.25) is 19.4 Å². The highest BCUT2D eigenvalue weighted by atomic mass is 32.1. The number of hydrogen-bond donors (Lipinski definition) is 2. The molecule has 33 heavy (non-hydrogen) atoms. The van der Waals surface area contributed by atoms with Crippen LogP contribution in [0.5, 0.6) is 0 Å². The molecule has 9 nitrogen and oxygen atoms in total. The number of rotatable bonds is 9. The van der Waals surface area contributed by atoms with Gasteiger partial charge in [-0.05, 0) is 29.8 Å². The molecule has 2 amide bonds. The molecule has 174 valence electrons. The van der Waals surface area contributed by atoms with Crippen molar-refractivity contribution in [3.05, 3.63) is 69.8 Å². The largest absolute Gasteiger partial charge is 0.459 e. The quantitative estimate of drug-likeness (QED) is 0.489. The minimum atomic E-state index is -0.309. The van der Waals surface area contributed by atoms with Gasteiger partial charge < -0.3 is 15.1 Å². The summed E-state index contributed by atoms with van der Waals surface area (Å²) < 4.78 is 18.1. The lowest BCUT2D eigenvalue weighted by Crippen LogP contribution is -2.48. The molecule has 1 aromatic carbocycles. The molecule has 0 saturated carbocycles. The lowest BCUT2D eigenvalue weighted by molar-refractivity contribution is 0.0906. The monoisotopic (exact) mass is 472 g/mol. The Hall–Kier alpha value is -3.15. The second kappa shape index (κ2) is 11.1. The van der Waals surface area contributed by atoms with Crippen molar-refractivity contribution in [2.45, 2.75) is 13.1 Å². The number of aromatic nitrogens is 2. The van der Waals surface area contributed by atoms with Gasteiger partial charge in [0.15, 0.2) is 5.76 Å². The second-order valence-electron chi connectivity index (χ2n) is 7.66. The topological polar surface area (TPSA) is 104 Å². The molecule has 3 heterocycles. The third-order valence-electron chi connectivity index (χ3n) is 5.31. The van der Waals surface area contributed by atoms with Crippen LogP contribution in [-0.2, 0) is 13.1 Å². The molecular weight excluding hydrogens is 447 g/mol. The van der Waals surface area contributed by atoms with Crippen LogP contribution in [0.4, 0.5) is 4.39 Å². The van der Waals surface area contributed by atoms with E-state index in [9.17, 15) is 14.0 Å². The van der Waals surface area contributed by atoms with Crippen LogP contribution in [0.2, 0.25) is 0 Å². The molecule has 0 aliphatic carbocycles. The predicted molar refractivity (Wildman–Crippen MR) is 120 cm³/mol. The maximum Gasteiger partial charge on any atom is 0.287 e. The highest BCUT2D eigenvalue weighted by Gasteiger charge is 2.20. The summed E-state index contributed by atoms with van der Waals surface area (Å²) in [5.74, 6) is -0.478. The van der Waals surface area contributed by atoms with E-state index in [-0.39, 0.29) is 17.6 Å². The maximum absolute atomic E-state index is 13.0. The molecule has 0 unspecified atom stereocenters. The van der Waals surface area contributed by atoms with Gasteiger partial charge in [0.2, 0.25) is 5.01 Å². The first-order valence-corrected chi connectivity index (χ1v) is 11.5. The number of amides is 2. The average Bonchev–Trinajstić information content (AvgIpc) is 3.52. The van der Waals surface area contributed by atoms with E-state index in [4.69, 9.17) is 4.42 Å². The molecule has 2 N–H and O–H groups in total. The molecular formula is C22H25FN6O3S. The normalized spacial score (nSPS) is 14.8. The summed E-state index contributed by atoms with van der Waals surface area (Å²) in [5.41, 5.74) is 0.813. The van der Waals surface area contributed by atoms with Gasteiger partial charge in [-0.15, -0.1) is 10.2 Å². The Morgan fingerprint density at radius 1 is 1.00 bits per heavy atom. The summed E-state index contributed by atoms with van der Waals surface area (Å²) in [6.07, 6.45) is 1.48. The van der Waals surface area contributed by atoms with E-state index in [0.717, 1.165) is 43.3 Å². The van der Waals surface area contributed by atoms with Crippen molar-refractivity contribution in [1.29, 1.82) is 0 Å². The zero-order chi connectivity index (χ0) is 23.0. The zero-order valence-corrected chi connectivity index (χ0v) is 18.8. The summed E-state index contributed by atoms with van der Waals surface area (Å²) in [4.78, 5) is 28.8. The van der Waals surface area contributed by atoms with Gasteiger partial charge in [-0.2, -0.15) is 0 Å². The van der Waals surface area contributed by atoms with Crippen LogP contribution in [0.3, 0.4) is 0 Å². The van der Waals surface area contributed by atoms with Gasteiger partial charge in [0, 0.05) is 45.8 Å². The Balaban J connectivity index is 1.15. The van der Waals surface area contributed by atoms with Gasteiger partial charge in [0.1, 0.15) is 10.8 Å². The third-order valence-corrected chi connectivity index (χ3v) is 6.22. The number of benzene rings is 1. The van der Waals surface area contributed by atoms with Crippen molar-refractivity contribution in [1.82, 2.24) is 30.6 Å². The Morgan fingerprint density at radius 2 is 1.76 bits per heavy atom. The van der Waals surface area contributed by atoms with Gasteiger partial charge in [-0.25, -0.2) is 4.39 Å². The van der Waals surface area contributed by atoms with Crippen LogP contribution in [0.1, 0.15) is 30.9 Å². The zero-order valence-electron chi connectivity index (χ0n) is 18.0. The molecule has 3 aromatic rings. The maximum atomic E-state index is 13.0. The summed E-state index contributed by atoms with van der Waals surface area (Å²) in [6.45, 7) is 5.81. The Bertz CT molecular complexity index is 1050. The molecule has 1 aliphatic rings. The van der Waals surface area contributed by atoms with E-state index in [1.165, 1.54) is 29.7 Å². The van der Waals surface area contributed by atoms with Crippen molar-refractivity contribution in [3.8, 4) is 0 Å². The Kier molecular flexibility index (Phi) is 7.76. The number of nitrogens with zero attached hydrogens (tertiary/aromatic N) is 4. The molecule has 0 radical (unpaired) electrons. The van der Waals surface area contributed by atoms with Crippen LogP contribution >= 0.6 is 11.3 Å². The van der Waals surface area contributed by atoms with E-state index in [0.29, 0.717) is 30.4 Å². The first kappa shape index (κ1) is 23.0. The van der Waals surface area contributed by atoms with Crippen molar-refractivity contribution < 1.29 is 18.4 Å². The van der Waals surface area contributed by atoms with Gasteiger partial charge in [-0.1, -0.05) is 23.5 Å². The lowest BCUT2D eigenvalue weighted by atomic mass is 10.2. The molecule has 1 saturated heterocycles. The van der Waals surface area contributed by atoms with Crippen LogP contribution in [0, 0.1) is 5.82 Å². The van der Waals surface area contributed by atoms with E-state index in [2.05, 4.69) is 30.6 Å². The number of carbonyl (C=O) groups excluding carboxylic acids is 2. The number of piperazine rings is 1. The van der Waals surface area contributed by atoms with Crippen molar-refractivity contribution in [3.63, 3.8) is 0 Å². The molecule has 1 fully saturated rings. The standard InChI is InChI=1S/C22H25FN6O3S/c23-17-5-3-16(4-6-17)14-25-21(31)22-27-26-19(33-22)15-29-11-9-28(10-12-29)8-7-24-20(30)18-2-1-13-32-18/h1-6,13H,7-12,14-15H2,(H,24,30)(H,25,31). The number of furan rings is 1. The number of halogens is 1. The minimum absolute atomic E-state index is 0.201. The fourth-order valence-electron chi connectivity index (χ4n) is 3.45. The first-order valence-electron chi connectivity index (χ1n) is 10.7. The van der Waals surface area contributed by atoms with Gasteiger partial charge in [0.25, 0.3) is 11.8 Å². The van der Waals surface area contributed by atoms with E-state index >= 15 is 0 Å². The summed E-state index contributed by atoms with van der Waals surface area (Å²) >= 11 is 1.28. The molecule has 0 spiro atoms. The molecule has 11 heteroatoms. The van der Waals surface area contributed by atoms with E-state index in [1.54, 1.807) is 24.3 Å². The summed E-state index contributed by atoms with van der Waals surface area (Å²) in [6, 6.07) is 9.32. The summed E-state index contributed by atoms with van der Waals surface area (Å²) in [5, 5.41) is 14.9. The Morgan fingerprint density at radius 3 is 2.48 bits per heavy atom. The van der Waals surface area contributed by atoms with Crippen molar-refractivity contribution in [2.75, 3.05) is 39.3 Å². The third kappa shape index (κ3) is 6.67. The number of nitrogens with one attached hydrogen (secondary N) is 2. The molecule has 0 bridgehead atoms. The smallest absolute Gasteiger partial charge is 0.287 e. The number of carbonyl (C=O) groups is 2. The molecule has 2 aromatic heterocycles. The summed E-state index contributed by atoms with van der Waals surface area (Å²) in [7, 11) is 0. The van der Waals surface area contributed by atoms with E-state index < -0.39 is 0 Å². The fraction of sp³-hybridized carbons (Fsp3) is 0.364. The average molecular weight is 473 g/mol. The SMILES string of the molecule is O=C(NCCN1CCN(Cc2nnc(C(=O)NCc3ccc(F)cc3)s2)CC1)c1ccco1. The van der Waals surface area contributed by atoms with Crippen LogP contribution in [0.25, 0.3) is 0 Å². The van der Waals surface area contributed by atoms with Crippen molar-refractivity contribution in [2.24, 2.45) is 0 Å². The van der Waals surface area contributed by atoms with Crippen molar-refractivity contribution >= 4 is 23.2 Å². The molecule has 1 aliphatic heterocycles. The first-order chi connectivity index (χ1) is 16.1.